The van der Waals surface area contributed by atoms with Crippen molar-refractivity contribution in [1.29, 1.82) is 0 Å². The van der Waals surface area contributed by atoms with E-state index in [0.29, 0.717) is 10.7 Å². The van der Waals surface area contributed by atoms with Crippen molar-refractivity contribution in [2.75, 3.05) is 13.1 Å². The average molecular weight is 345 g/mol. The molecule has 1 aromatic carbocycles. The predicted molar refractivity (Wildman–Crippen MR) is 99.7 cm³/mol. The highest BCUT2D eigenvalue weighted by Crippen LogP contribution is 2.38. The summed E-state index contributed by atoms with van der Waals surface area (Å²) in [5, 5.41) is 4.94. The fourth-order valence-corrected chi connectivity index (χ4v) is 3.63. The molecule has 1 aromatic heterocycles. The van der Waals surface area contributed by atoms with Gasteiger partial charge in [-0.2, -0.15) is 0 Å². The van der Waals surface area contributed by atoms with Crippen LogP contribution in [0.5, 0.6) is 0 Å². The number of carbonyl (C=O) groups is 1. The van der Waals surface area contributed by atoms with Crippen LogP contribution >= 0.6 is 11.6 Å². The lowest BCUT2D eigenvalue weighted by atomic mass is 9.73. The second kappa shape index (κ2) is 6.45. The molecule has 1 fully saturated rings. The van der Waals surface area contributed by atoms with Crippen molar-refractivity contribution in [3.8, 4) is 0 Å². The van der Waals surface area contributed by atoms with Gasteiger partial charge in [0.25, 0.3) is 0 Å². The monoisotopic (exact) mass is 344 g/mol. The summed E-state index contributed by atoms with van der Waals surface area (Å²) in [5.74, 6) is 0.165. The van der Waals surface area contributed by atoms with Gasteiger partial charge in [0.1, 0.15) is 5.69 Å². The van der Waals surface area contributed by atoms with E-state index in [2.05, 4.69) is 31.1 Å². The number of pyridine rings is 1. The van der Waals surface area contributed by atoms with Gasteiger partial charge in [-0.3, -0.25) is 4.79 Å². The van der Waals surface area contributed by atoms with Gasteiger partial charge in [0.15, 0.2) is 5.78 Å². The summed E-state index contributed by atoms with van der Waals surface area (Å²) in [6, 6.07) is 9.37. The summed E-state index contributed by atoms with van der Waals surface area (Å²) < 4.78 is 0. The normalized spacial score (nSPS) is 21.3. The predicted octanol–water partition coefficient (Wildman–Crippen LogP) is 4.88. The van der Waals surface area contributed by atoms with Crippen LogP contribution in [0, 0.1) is 10.8 Å². The Kier molecular flexibility index (Phi) is 4.67. The van der Waals surface area contributed by atoms with E-state index in [4.69, 9.17) is 11.6 Å². The molecule has 0 spiro atoms. The van der Waals surface area contributed by atoms with Gasteiger partial charge in [-0.15, -0.1) is 0 Å². The SMILES string of the molecule is CC(C)(C)CCC1(C(=O)c2ccc3c(Cl)cccc3n2)CCNC1. The fourth-order valence-electron chi connectivity index (χ4n) is 3.39. The number of halogens is 1. The number of benzene rings is 1. The standard InChI is InChI=1S/C20H25ClN2O/c1-19(2,3)9-10-20(11-12-22-13-20)18(24)17-8-7-14-15(21)5-4-6-16(14)23-17/h4-8,22H,9-13H2,1-3H3. The van der Waals surface area contributed by atoms with Crippen molar-refractivity contribution in [3.63, 3.8) is 0 Å². The first kappa shape index (κ1) is 17.4. The first-order valence-electron chi connectivity index (χ1n) is 8.62. The van der Waals surface area contributed by atoms with Crippen LogP contribution < -0.4 is 5.32 Å². The van der Waals surface area contributed by atoms with Crippen LogP contribution in [-0.2, 0) is 0 Å². The number of nitrogens with one attached hydrogen (secondary N) is 1. The molecule has 0 aliphatic carbocycles. The molecule has 128 valence electrons. The van der Waals surface area contributed by atoms with Crippen LogP contribution in [-0.4, -0.2) is 23.9 Å². The molecule has 0 bridgehead atoms. The van der Waals surface area contributed by atoms with Crippen molar-refractivity contribution in [3.05, 3.63) is 41.0 Å². The van der Waals surface area contributed by atoms with Crippen molar-refractivity contribution < 1.29 is 4.79 Å². The summed E-state index contributed by atoms with van der Waals surface area (Å²) in [6.07, 6.45) is 2.81. The molecule has 2 heterocycles. The van der Waals surface area contributed by atoms with E-state index in [-0.39, 0.29) is 16.6 Å². The Hall–Kier alpha value is -1.45. The van der Waals surface area contributed by atoms with E-state index in [9.17, 15) is 4.79 Å². The Balaban J connectivity index is 1.93. The van der Waals surface area contributed by atoms with E-state index in [1.165, 1.54) is 0 Å². The molecule has 0 saturated carbocycles. The first-order valence-corrected chi connectivity index (χ1v) is 8.99. The van der Waals surface area contributed by atoms with Gasteiger partial charge in [0, 0.05) is 22.4 Å². The van der Waals surface area contributed by atoms with Gasteiger partial charge >= 0.3 is 0 Å². The Morgan fingerprint density at radius 3 is 2.75 bits per heavy atom. The molecule has 0 radical (unpaired) electrons. The molecular weight excluding hydrogens is 320 g/mol. The molecule has 4 heteroatoms. The molecule has 3 rings (SSSR count). The molecule has 1 unspecified atom stereocenters. The molecule has 2 aromatic rings. The molecule has 0 amide bonds. The molecular formula is C20H25ClN2O. The van der Waals surface area contributed by atoms with E-state index >= 15 is 0 Å². The summed E-state index contributed by atoms with van der Waals surface area (Å²) in [7, 11) is 0. The average Bonchev–Trinajstić information content (AvgIpc) is 3.02. The Morgan fingerprint density at radius 2 is 2.08 bits per heavy atom. The van der Waals surface area contributed by atoms with Crippen LogP contribution in [0.4, 0.5) is 0 Å². The number of carbonyl (C=O) groups excluding carboxylic acids is 1. The van der Waals surface area contributed by atoms with Crippen molar-refractivity contribution in [1.82, 2.24) is 10.3 Å². The van der Waals surface area contributed by atoms with Crippen LogP contribution in [0.2, 0.25) is 5.02 Å². The largest absolute Gasteiger partial charge is 0.316 e. The molecule has 3 nitrogen and oxygen atoms in total. The smallest absolute Gasteiger partial charge is 0.188 e. The van der Waals surface area contributed by atoms with E-state index < -0.39 is 0 Å². The maximum Gasteiger partial charge on any atom is 0.188 e. The number of aromatic nitrogens is 1. The third kappa shape index (κ3) is 3.47. The Bertz CT molecular complexity index is 758. The number of fused-ring (bicyclic) bond motifs is 1. The van der Waals surface area contributed by atoms with Gasteiger partial charge in [-0.1, -0.05) is 38.4 Å². The number of ketones is 1. The third-order valence-corrected chi connectivity index (χ3v) is 5.32. The zero-order chi connectivity index (χ0) is 17.4. The quantitative estimate of drug-likeness (QED) is 0.804. The molecule has 1 aliphatic rings. The maximum atomic E-state index is 13.3. The maximum absolute atomic E-state index is 13.3. The lowest BCUT2D eigenvalue weighted by Crippen LogP contribution is -2.35. The number of hydrogen-bond donors (Lipinski definition) is 1. The molecule has 24 heavy (non-hydrogen) atoms. The minimum atomic E-state index is -0.327. The zero-order valence-electron chi connectivity index (χ0n) is 14.7. The van der Waals surface area contributed by atoms with E-state index in [0.717, 1.165) is 43.3 Å². The molecule has 1 N–H and O–H groups in total. The number of nitrogens with zero attached hydrogens (tertiary/aromatic N) is 1. The van der Waals surface area contributed by atoms with Crippen LogP contribution in [0.3, 0.4) is 0 Å². The topological polar surface area (TPSA) is 42.0 Å². The van der Waals surface area contributed by atoms with Gasteiger partial charge < -0.3 is 5.32 Å². The molecule has 1 atom stereocenters. The minimum absolute atomic E-state index is 0.165. The summed E-state index contributed by atoms with van der Waals surface area (Å²) in [6.45, 7) is 8.32. The Labute approximate surface area is 148 Å². The molecule has 1 aliphatic heterocycles. The third-order valence-electron chi connectivity index (χ3n) is 4.99. The zero-order valence-corrected chi connectivity index (χ0v) is 15.4. The highest BCUT2D eigenvalue weighted by molar-refractivity contribution is 6.35. The highest BCUT2D eigenvalue weighted by atomic mass is 35.5. The van der Waals surface area contributed by atoms with Gasteiger partial charge in [-0.05, 0) is 55.5 Å². The summed E-state index contributed by atoms with van der Waals surface area (Å²) in [5.41, 5.74) is 1.24. The second-order valence-electron chi connectivity index (χ2n) is 8.10. The minimum Gasteiger partial charge on any atom is -0.316 e. The van der Waals surface area contributed by atoms with Gasteiger partial charge in [0.2, 0.25) is 0 Å². The van der Waals surface area contributed by atoms with E-state index in [1.54, 1.807) is 0 Å². The van der Waals surface area contributed by atoms with Gasteiger partial charge in [-0.25, -0.2) is 4.98 Å². The summed E-state index contributed by atoms with van der Waals surface area (Å²) in [4.78, 5) is 17.9. The highest BCUT2D eigenvalue weighted by Gasteiger charge is 2.42. The second-order valence-corrected chi connectivity index (χ2v) is 8.51. The lowest BCUT2D eigenvalue weighted by molar-refractivity contribution is 0.0778. The lowest BCUT2D eigenvalue weighted by Gasteiger charge is -2.30. The number of Topliss-reactive ketones (excluding diaryl/α,β-unsaturated/α-hetero) is 1. The summed E-state index contributed by atoms with van der Waals surface area (Å²) >= 11 is 6.21. The number of hydrogen-bond acceptors (Lipinski definition) is 3. The van der Waals surface area contributed by atoms with Crippen LogP contribution in [0.1, 0.15) is 50.5 Å². The number of rotatable bonds is 4. The van der Waals surface area contributed by atoms with Crippen molar-refractivity contribution in [2.45, 2.75) is 40.0 Å². The first-order chi connectivity index (χ1) is 11.3. The van der Waals surface area contributed by atoms with Crippen LogP contribution in [0.25, 0.3) is 10.9 Å². The van der Waals surface area contributed by atoms with Gasteiger partial charge in [0.05, 0.1) is 5.52 Å². The Morgan fingerprint density at radius 1 is 1.29 bits per heavy atom. The van der Waals surface area contributed by atoms with Crippen molar-refractivity contribution >= 4 is 28.3 Å². The van der Waals surface area contributed by atoms with Crippen LogP contribution in [0.15, 0.2) is 30.3 Å². The van der Waals surface area contributed by atoms with E-state index in [1.807, 2.05) is 30.3 Å². The molecule has 1 saturated heterocycles. The fraction of sp³-hybridized carbons (Fsp3) is 0.500. The van der Waals surface area contributed by atoms with Crippen molar-refractivity contribution in [2.24, 2.45) is 10.8 Å².